The molecule has 0 spiro atoms. The van der Waals surface area contributed by atoms with E-state index in [0.717, 1.165) is 29.6 Å². The van der Waals surface area contributed by atoms with E-state index in [0.29, 0.717) is 11.6 Å². The number of nitrogens with zero attached hydrogens (tertiary/aromatic N) is 1. The fourth-order valence-corrected chi connectivity index (χ4v) is 4.62. The Morgan fingerprint density at radius 3 is 2.23 bits per heavy atom. The van der Waals surface area contributed by atoms with Crippen LogP contribution in [-0.2, 0) is 14.8 Å². The van der Waals surface area contributed by atoms with Crippen LogP contribution in [0.3, 0.4) is 0 Å². The van der Waals surface area contributed by atoms with Crippen molar-refractivity contribution in [3.63, 3.8) is 0 Å². The molecule has 164 valence electrons. The molecule has 1 N–H and O–H groups in total. The number of rotatable bonds is 9. The molecule has 0 aromatic heterocycles. The van der Waals surface area contributed by atoms with Crippen LogP contribution >= 0.6 is 0 Å². The Hall–Kier alpha value is -2.54. The number of anilines is 1. The van der Waals surface area contributed by atoms with Crippen LogP contribution in [0, 0.1) is 12.8 Å². The third-order valence-corrected chi connectivity index (χ3v) is 6.13. The Morgan fingerprint density at radius 2 is 1.73 bits per heavy atom. The highest BCUT2D eigenvalue weighted by molar-refractivity contribution is 7.92. The van der Waals surface area contributed by atoms with E-state index in [2.05, 4.69) is 19.2 Å². The first kappa shape index (κ1) is 23.7. The van der Waals surface area contributed by atoms with Crippen LogP contribution in [0.25, 0.3) is 0 Å². The second-order valence-electron chi connectivity index (χ2n) is 8.04. The van der Waals surface area contributed by atoms with Crippen molar-refractivity contribution in [2.75, 3.05) is 17.7 Å². The number of nitrogens with one attached hydrogen (secondary N) is 1. The lowest BCUT2D eigenvalue weighted by atomic mass is 9.96. The largest absolute Gasteiger partial charge is 0.497 e. The second kappa shape index (κ2) is 9.98. The molecule has 6 nitrogen and oxygen atoms in total. The van der Waals surface area contributed by atoms with Gasteiger partial charge in [-0.1, -0.05) is 38.1 Å². The van der Waals surface area contributed by atoms with E-state index in [9.17, 15) is 13.2 Å². The van der Waals surface area contributed by atoms with Gasteiger partial charge in [0.1, 0.15) is 11.8 Å². The van der Waals surface area contributed by atoms with Crippen molar-refractivity contribution in [2.24, 2.45) is 5.92 Å². The predicted octanol–water partition coefficient (Wildman–Crippen LogP) is 4.06. The molecule has 0 saturated carbocycles. The molecule has 0 aliphatic heterocycles. The van der Waals surface area contributed by atoms with Crippen LogP contribution in [0.4, 0.5) is 5.69 Å². The second-order valence-corrected chi connectivity index (χ2v) is 9.90. The maximum absolute atomic E-state index is 13.1. The van der Waals surface area contributed by atoms with Crippen molar-refractivity contribution in [3.05, 3.63) is 59.7 Å². The van der Waals surface area contributed by atoms with E-state index >= 15 is 0 Å². The van der Waals surface area contributed by atoms with Gasteiger partial charge in [0.25, 0.3) is 0 Å². The van der Waals surface area contributed by atoms with Crippen LogP contribution in [0.5, 0.6) is 5.75 Å². The van der Waals surface area contributed by atoms with Gasteiger partial charge in [-0.05, 0) is 61.6 Å². The molecule has 0 heterocycles. The summed E-state index contributed by atoms with van der Waals surface area (Å²) >= 11 is 0. The van der Waals surface area contributed by atoms with E-state index < -0.39 is 16.1 Å². The number of benzene rings is 2. The summed E-state index contributed by atoms with van der Waals surface area (Å²) in [4.78, 5) is 13.1. The maximum atomic E-state index is 13.1. The number of hydrogen-bond acceptors (Lipinski definition) is 4. The van der Waals surface area contributed by atoms with Gasteiger partial charge in [0.05, 0.1) is 25.1 Å². The zero-order valence-electron chi connectivity index (χ0n) is 18.5. The van der Waals surface area contributed by atoms with Crippen LogP contribution in [0.15, 0.2) is 48.5 Å². The molecular formula is C23H32N2O4S. The number of carbonyl (C=O) groups excluding carboxylic acids is 1. The van der Waals surface area contributed by atoms with E-state index in [1.807, 2.05) is 37.3 Å². The van der Waals surface area contributed by atoms with Gasteiger partial charge in [0.2, 0.25) is 15.9 Å². The zero-order chi connectivity index (χ0) is 22.5. The first-order chi connectivity index (χ1) is 14.0. The molecule has 0 bridgehead atoms. The smallest absolute Gasteiger partial charge is 0.244 e. The summed E-state index contributed by atoms with van der Waals surface area (Å²) in [6.07, 6.45) is 1.85. The van der Waals surface area contributed by atoms with Crippen LogP contribution in [0.1, 0.15) is 44.4 Å². The first-order valence-corrected chi connectivity index (χ1v) is 11.9. The van der Waals surface area contributed by atoms with Gasteiger partial charge in [-0.2, -0.15) is 0 Å². The SMILES string of the molecule is COc1ccc([C@H](CC(C)C)NC(=O)[C@H](C)N(c2cccc(C)c2)S(C)(=O)=O)cc1. The molecule has 0 unspecified atom stereocenters. The van der Waals surface area contributed by atoms with Crippen molar-refractivity contribution < 1.29 is 17.9 Å². The van der Waals surface area contributed by atoms with Gasteiger partial charge in [-0.25, -0.2) is 8.42 Å². The quantitative estimate of drug-likeness (QED) is 0.648. The lowest BCUT2D eigenvalue weighted by Gasteiger charge is -2.30. The highest BCUT2D eigenvalue weighted by Crippen LogP contribution is 2.26. The minimum Gasteiger partial charge on any atom is -0.497 e. The Bertz CT molecular complexity index is 955. The number of ether oxygens (including phenoxy) is 1. The van der Waals surface area contributed by atoms with Gasteiger partial charge in [-0.3, -0.25) is 9.10 Å². The van der Waals surface area contributed by atoms with Gasteiger partial charge < -0.3 is 10.1 Å². The average Bonchev–Trinajstić information content (AvgIpc) is 2.66. The fraction of sp³-hybridized carbons (Fsp3) is 0.435. The molecule has 2 atom stereocenters. The van der Waals surface area contributed by atoms with Crippen LogP contribution < -0.4 is 14.4 Å². The third-order valence-electron chi connectivity index (χ3n) is 4.89. The predicted molar refractivity (Wildman–Crippen MR) is 121 cm³/mol. The van der Waals surface area contributed by atoms with Crippen molar-refractivity contribution in [3.8, 4) is 5.75 Å². The zero-order valence-corrected chi connectivity index (χ0v) is 19.4. The van der Waals surface area contributed by atoms with Gasteiger partial charge >= 0.3 is 0 Å². The molecule has 1 amide bonds. The Labute approximate surface area is 180 Å². The summed E-state index contributed by atoms with van der Waals surface area (Å²) < 4.78 is 31.4. The van der Waals surface area contributed by atoms with Crippen LogP contribution in [-0.4, -0.2) is 33.7 Å². The molecule has 0 aliphatic rings. The molecule has 2 aromatic rings. The van der Waals surface area contributed by atoms with Crippen molar-refractivity contribution in [1.82, 2.24) is 5.32 Å². The third kappa shape index (κ3) is 6.23. The lowest BCUT2D eigenvalue weighted by molar-refractivity contribution is -0.122. The van der Waals surface area contributed by atoms with Crippen LogP contribution in [0.2, 0.25) is 0 Å². The summed E-state index contributed by atoms with van der Waals surface area (Å²) in [5.41, 5.74) is 2.35. The average molecular weight is 433 g/mol. The number of hydrogen-bond donors (Lipinski definition) is 1. The molecule has 2 rings (SSSR count). The molecule has 7 heteroatoms. The highest BCUT2D eigenvalue weighted by atomic mass is 32.2. The highest BCUT2D eigenvalue weighted by Gasteiger charge is 2.30. The number of sulfonamides is 1. The summed E-state index contributed by atoms with van der Waals surface area (Å²) in [6.45, 7) is 7.67. The summed E-state index contributed by atoms with van der Waals surface area (Å²) in [6, 6.07) is 13.6. The van der Waals surface area contributed by atoms with Crippen molar-refractivity contribution in [2.45, 2.75) is 46.2 Å². The summed E-state index contributed by atoms with van der Waals surface area (Å²) in [5, 5.41) is 3.05. The van der Waals surface area contributed by atoms with Crippen molar-refractivity contribution in [1.29, 1.82) is 0 Å². The minimum atomic E-state index is -3.66. The van der Waals surface area contributed by atoms with E-state index in [1.165, 1.54) is 4.31 Å². The lowest BCUT2D eigenvalue weighted by Crippen LogP contribution is -2.48. The fourth-order valence-electron chi connectivity index (χ4n) is 3.45. The topological polar surface area (TPSA) is 75.7 Å². The van der Waals surface area contributed by atoms with Gasteiger partial charge in [0.15, 0.2) is 0 Å². The van der Waals surface area contributed by atoms with Gasteiger partial charge in [0, 0.05) is 0 Å². The molecule has 2 aromatic carbocycles. The number of methoxy groups -OCH3 is 1. The standard InChI is InChI=1S/C23H32N2O4S/c1-16(2)14-22(19-10-12-21(29-5)13-11-19)24-23(26)18(4)25(30(6,27)28)20-9-7-8-17(3)15-20/h7-13,15-16,18,22H,14H2,1-6H3,(H,24,26)/t18-,22-/m0/s1. The number of amides is 1. The van der Waals surface area contributed by atoms with E-state index in [1.54, 1.807) is 32.2 Å². The molecule has 0 fully saturated rings. The van der Waals surface area contributed by atoms with E-state index in [4.69, 9.17) is 4.74 Å². The van der Waals surface area contributed by atoms with E-state index in [-0.39, 0.29) is 11.9 Å². The molecule has 0 radical (unpaired) electrons. The van der Waals surface area contributed by atoms with Crippen molar-refractivity contribution >= 4 is 21.6 Å². The maximum Gasteiger partial charge on any atom is 0.244 e. The summed E-state index contributed by atoms with van der Waals surface area (Å²) in [7, 11) is -2.05. The molecule has 0 saturated heterocycles. The Balaban J connectivity index is 2.31. The Kier molecular flexibility index (Phi) is 7.89. The van der Waals surface area contributed by atoms with Gasteiger partial charge in [-0.15, -0.1) is 0 Å². The monoisotopic (exact) mass is 432 g/mol. The minimum absolute atomic E-state index is 0.232. The molecular weight excluding hydrogens is 400 g/mol. The Morgan fingerprint density at radius 1 is 1.10 bits per heavy atom. The first-order valence-electron chi connectivity index (χ1n) is 10.0. The number of aryl methyl sites for hydroxylation is 1. The molecule has 30 heavy (non-hydrogen) atoms. The normalized spacial score (nSPS) is 13.6. The summed E-state index contributed by atoms with van der Waals surface area (Å²) in [5.74, 6) is 0.739. The number of carbonyl (C=O) groups is 1. The molecule has 0 aliphatic carbocycles.